The van der Waals surface area contributed by atoms with Gasteiger partial charge in [0.05, 0.1) is 14.2 Å². The number of para-hydroxylation sites is 2. The van der Waals surface area contributed by atoms with Crippen molar-refractivity contribution in [3.8, 4) is 23.0 Å². The van der Waals surface area contributed by atoms with Crippen molar-refractivity contribution in [2.75, 3.05) is 14.2 Å². The Hall–Kier alpha value is -3.19. The molecular formula is C18H18O7. The number of methoxy groups -OCH3 is 2. The van der Waals surface area contributed by atoms with Crippen LogP contribution >= 0.6 is 0 Å². The van der Waals surface area contributed by atoms with E-state index in [1.165, 1.54) is 20.3 Å². The van der Waals surface area contributed by atoms with Crippen LogP contribution in [-0.4, -0.2) is 36.9 Å². The standard InChI is InChI=1S/C18H18O7/c1-22-14-8-5-9-15(23-2)17(14)25-18(21)24-13-7-4-3-6-12(13)10-11-16(19)20/h3-11,18,21H,1-2H3,(H,19,20)/b11-10+. The Labute approximate surface area is 144 Å². The van der Waals surface area contributed by atoms with Gasteiger partial charge in [0.25, 0.3) is 0 Å². The molecule has 0 saturated heterocycles. The average molecular weight is 346 g/mol. The van der Waals surface area contributed by atoms with Gasteiger partial charge in [-0.2, -0.15) is 0 Å². The van der Waals surface area contributed by atoms with Gasteiger partial charge in [-0.25, -0.2) is 4.79 Å². The van der Waals surface area contributed by atoms with Gasteiger partial charge in [-0.1, -0.05) is 24.3 Å². The van der Waals surface area contributed by atoms with Crippen LogP contribution < -0.4 is 18.9 Å². The minimum Gasteiger partial charge on any atom is -0.493 e. The predicted octanol–water partition coefficient (Wildman–Crippen LogP) is 2.54. The van der Waals surface area contributed by atoms with Gasteiger partial charge in [0.15, 0.2) is 11.5 Å². The summed E-state index contributed by atoms with van der Waals surface area (Å²) in [6, 6.07) is 11.6. The largest absolute Gasteiger partial charge is 0.493 e. The molecule has 2 N–H and O–H groups in total. The molecule has 2 aromatic rings. The second-order valence-corrected chi connectivity index (χ2v) is 4.74. The lowest BCUT2D eigenvalue weighted by Crippen LogP contribution is -2.24. The summed E-state index contributed by atoms with van der Waals surface area (Å²) in [4.78, 5) is 10.7. The topological polar surface area (TPSA) is 94.5 Å². The van der Waals surface area contributed by atoms with Crippen LogP contribution in [0, 0.1) is 0 Å². The van der Waals surface area contributed by atoms with Gasteiger partial charge in [-0.05, 0) is 24.3 Å². The summed E-state index contributed by atoms with van der Waals surface area (Å²) in [5, 5.41) is 18.8. The van der Waals surface area contributed by atoms with Crippen molar-refractivity contribution in [1.29, 1.82) is 0 Å². The molecule has 0 amide bonds. The molecule has 0 bridgehead atoms. The highest BCUT2D eigenvalue weighted by Crippen LogP contribution is 2.37. The molecule has 0 saturated carbocycles. The van der Waals surface area contributed by atoms with E-state index in [0.29, 0.717) is 17.1 Å². The first kappa shape index (κ1) is 18.2. The van der Waals surface area contributed by atoms with Crippen molar-refractivity contribution in [1.82, 2.24) is 0 Å². The van der Waals surface area contributed by atoms with E-state index in [9.17, 15) is 9.90 Å². The van der Waals surface area contributed by atoms with Crippen LogP contribution in [0.2, 0.25) is 0 Å². The fourth-order valence-electron chi connectivity index (χ4n) is 2.05. The van der Waals surface area contributed by atoms with E-state index in [1.54, 1.807) is 42.5 Å². The minimum atomic E-state index is -1.66. The molecule has 0 aromatic heterocycles. The fraction of sp³-hybridized carbons (Fsp3) is 0.167. The summed E-state index contributed by atoms with van der Waals surface area (Å²) >= 11 is 0. The van der Waals surface area contributed by atoms with Crippen LogP contribution in [0.15, 0.2) is 48.5 Å². The van der Waals surface area contributed by atoms with Gasteiger partial charge in [0.2, 0.25) is 5.75 Å². The summed E-state index contributed by atoms with van der Waals surface area (Å²) in [6.07, 6.45) is 2.33. The zero-order chi connectivity index (χ0) is 18.2. The summed E-state index contributed by atoms with van der Waals surface area (Å²) < 4.78 is 21.1. The highest BCUT2D eigenvalue weighted by Gasteiger charge is 2.17. The third kappa shape index (κ3) is 4.89. The number of rotatable bonds is 8. The van der Waals surface area contributed by atoms with Crippen molar-refractivity contribution in [3.05, 3.63) is 54.1 Å². The molecule has 0 aliphatic rings. The molecule has 0 aliphatic carbocycles. The molecule has 0 heterocycles. The quantitative estimate of drug-likeness (QED) is 0.560. The number of hydrogen-bond acceptors (Lipinski definition) is 6. The summed E-state index contributed by atoms with van der Waals surface area (Å²) in [7, 11) is 2.92. The Morgan fingerprint density at radius 3 is 2.16 bits per heavy atom. The Bertz CT molecular complexity index is 733. The molecule has 0 aliphatic heterocycles. The maximum absolute atomic E-state index is 10.7. The van der Waals surface area contributed by atoms with Crippen LogP contribution in [0.3, 0.4) is 0 Å². The van der Waals surface area contributed by atoms with E-state index in [-0.39, 0.29) is 11.5 Å². The number of ether oxygens (including phenoxy) is 4. The predicted molar refractivity (Wildman–Crippen MR) is 89.9 cm³/mol. The first-order valence-electron chi connectivity index (χ1n) is 7.27. The number of aliphatic hydroxyl groups is 1. The van der Waals surface area contributed by atoms with Gasteiger partial charge in [-0.3, -0.25) is 0 Å². The number of benzene rings is 2. The van der Waals surface area contributed by atoms with Crippen molar-refractivity contribution >= 4 is 12.0 Å². The van der Waals surface area contributed by atoms with Crippen molar-refractivity contribution in [2.45, 2.75) is 6.48 Å². The van der Waals surface area contributed by atoms with Crippen molar-refractivity contribution in [2.24, 2.45) is 0 Å². The third-order valence-corrected chi connectivity index (χ3v) is 3.15. The van der Waals surface area contributed by atoms with Gasteiger partial charge >= 0.3 is 12.4 Å². The maximum atomic E-state index is 10.7. The zero-order valence-electron chi connectivity index (χ0n) is 13.7. The Morgan fingerprint density at radius 2 is 1.56 bits per heavy atom. The second-order valence-electron chi connectivity index (χ2n) is 4.74. The van der Waals surface area contributed by atoms with E-state index >= 15 is 0 Å². The number of aliphatic hydroxyl groups excluding tert-OH is 1. The number of carbonyl (C=O) groups is 1. The lowest BCUT2D eigenvalue weighted by Gasteiger charge is -2.19. The van der Waals surface area contributed by atoms with Gasteiger partial charge in [0, 0.05) is 11.6 Å². The third-order valence-electron chi connectivity index (χ3n) is 3.15. The first-order chi connectivity index (χ1) is 12.0. The summed E-state index contributed by atoms with van der Waals surface area (Å²) in [5.74, 6) is 0.0624. The molecule has 0 spiro atoms. The Morgan fingerprint density at radius 1 is 0.960 bits per heavy atom. The van der Waals surface area contributed by atoms with Gasteiger partial charge < -0.3 is 29.2 Å². The number of aliphatic carboxylic acids is 1. The van der Waals surface area contributed by atoms with Gasteiger partial charge in [0.1, 0.15) is 5.75 Å². The molecule has 2 aromatic carbocycles. The van der Waals surface area contributed by atoms with Crippen molar-refractivity contribution < 1.29 is 34.0 Å². The van der Waals surface area contributed by atoms with E-state index in [1.807, 2.05) is 0 Å². The summed E-state index contributed by atoms with van der Waals surface area (Å²) in [5.41, 5.74) is 0.472. The molecule has 0 radical (unpaired) electrons. The SMILES string of the molecule is COc1cccc(OC)c1OC(O)Oc1ccccc1/C=C/C(=O)O. The molecule has 0 fully saturated rings. The monoisotopic (exact) mass is 346 g/mol. The summed E-state index contributed by atoms with van der Waals surface area (Å²) in [6.45, 7) is -1.66. The normalized spacial score (nSPS) is 11.8. The highest BCUT2D eigenvalue weighted by atomic mass is 16.8. The Balaban J connectivity index is 2.19. The lowest BCUT2D eigenvalue weighted by atomic mass is 10.2. The molecule has 132 valence electrons. The Kier molecular flexibility index (Phi) is 6.25. The molecule has 2 rings (SSSR count). The fourth-order valence-corrected chi connectivity index (χ4v) is 2.05. The zero-order valence-corrected chi connectivity index (χ0v) is 13.7. The van der Waals surface area contributed by atoms with Crippen LogP contribution in [0.25, 0.3) is 6.08 Å². The van der Waals surface area contributed by atoms with Gasteiger partial charge in [-0.15, -0.1) is 0 Å². The molecule has 1 atom stereocenters. The number of carboxylic acids is 1. The smallest absolute Gasteiger partial charge is 0.358 e. The van der Waals surface area contributed by atoms with E-state index in [2.05, 4.69) is 0 Å². The van der Waals surface area contributed by atoms with Crippen LogP contribution in [0.5, 0.6) is 23.0 Å². The maximum Gasteiger partial charge on any atom is 0.358 e. The molecular weight excluding hydrogens is 328 g/mol. The van der Waals surface area contributed by atoms with Crippen LogP contribution in [-0.2, 0) is 4.79 Å². The average Bonchev–Trinajstić information content (AvgIpc) is 2.61. The molecule has 25 heavy (non-hydrogen) atoms. The van der Waals surface area contributed by atoms with Crippen LogP contribution in [0.4, 0.5) is 0 Å². The van der Waals surface area contributed by atoms with E-state index in [0.717, 1.165) is 6.08 Å². The van der Waals surface area contributed by atoms with E-state index in [4.69, 9.17) is 24.1 Å². The number of hydrogen-bond donors (Lipinski definition) is 2. The van der Waals surface area contributed by atoms with Crippen LogP contribution in [0.1, 0.15) is 5.56 Å². The highest BCUT2D eigenvalue weighted by molar-refractivity contribution is 5.85. The van der Waals surface area contributed by atoms with E-state index < -0.39 is 12.4 Å². The molecule has 7 nitrogen and oxygen atoms in total. The first-order valence-corrected chi connectivity index (χ1v) is 7.27. The molecule has 1 unspecified atom stereocenters. The second kappa shape index (κ2) is 8.60. The molecule has 7 heteroatoms. The minimum absolute atomic E-state index is 0.179. The number of carboxylic acid groups (broad SMARTS) is 1. The lowest BCUT2D eigenvalue weighted by molar-refractivity contribution is -0.161. The van der Waals surface area contributed by atoms with Crippen molar-refractivity contribution in [3.63, 3.8) is 0 Å².